The van der Waals surface area contributed by atoms with E-state index in [2.05, 4.69) is 26.2 Å². The van der Waals surface area contributed by atoms with Crippen molar-refractivity contribution in [2.24, 2.45) is 0 Å². The lowest BCUT2D eigenvalue weighted by molar-refractivity contribution is 0.622. The van der Waals surface area contributed by atoms with Crippen molar-refractivity contribution in [1.29, 1.82) is 0 Å². The predicted octanol–water partition coefficient (Wildman–Crippen LogP) is 4.46. The number of nitrogen functional groups attached to an aromatic ring is 1. The number of benzene rings is 2. The van der Waals surface area contributed by atoms with Crippen molar-refractivity contribution in [1.82, 2.24) is 4.98 Å². The molecule has 0 unspecified atom stereocenters. The molecule has 0 bridgehead atoms. The summed E-state index contributed by atoms with van der Waals surface area (Å²) in [4.78, 5) is 4.46. The molecule has 0 aliphatic heterocycles. The molecule has 0 saturated carbocycles. The third kappa shape index (κ3) is 2.58. The molecule has 20 heavy (non-hydrogen) atoms. The van der Waals surface area contributed by atoms with E-state index in [4.69, 9.17) is 5.73 Å². The van der Waals surface area contributed by atoms with Crippen molar-refractivity contribution >= 4 is 44.0 Å². The highest BCUT2D eigenvalue weighted by molar-refractivity contribution is 9.10. The number of halogens is 2. The average molecular weight is 332 g/mol. The number of rotatable bonds is 2. The molecule has 3 N–H and O–H groups in total. The summed E-state index contributed by atoms with van der Waals surface area (Å²) in [7, 11) is 0. The van der Waals surface area contributed by atoms with Gasteiger partial charge in [0.2, 0.25) is 0 Å². The van der Waals surface area contributed by atoms with E-state index in [-0.39, 0.29) is 5.82 Å². The van der Waals surface area contributed by atoms with E-state index in [1.807, 2.05) is 24.3 Å². The molecule has 2 aromatic carbocycles. The molecule has 0 atom stereocenters. The van der Waals surface area contributed by atoms with Crippen LogP contribution >= 0.6 is 15.9 Å². The minimum absolute atomic E-state index is 0.316. The largest absolute Gasteiger partial charge is 0.399 e. The third-order valence-corrected chi connectivity index (χ3v) is 3.55. The molecule has 0 aliphatic carbocycles. The Hall–Kier alpha value is -2.14. The summed E-state index contributed by atoms with van der Waals surface area (Å²) >= 11 is 3.12. The number of aromatic nitrogens is 1. The Morgan fingerprint density at radius 2 is 1.90 bits per heavy atom. The Balaban J connectivity index is 1.94. The van der Waals surface area contributed by atoms with Gasteiger partial charge in [-0.1, -0.05) is 0 Å². The highest BCUT2D eigenvalue weighted by Gasteiger charge is 2.03. The fourth-order valence-electron chi connectivity index (χ4n) is 1.94. The minimum atomic E-state index is -0.316. The van der Waals surface area contributed by atoms with Crippen LogP contribution in [0.4, 0.5) is 21.6 Å². The summed E-state index contributed by atoms with van der Waals surface area (Å²) in [6.07, 6.45) is 0. The lowest BCUT2D eigenvalue weighted by Gasteiger charge is -2.07. The number of fused-ring (bicyclic) bond motifs is 1. The van der Waals surface area contributed by atoms with Crippen LogP contribution in [0.2, 0.25) is 0 Å². The molecule has 0 saturated heterocycles. The Morgan fingerprint density at radius 1 is 1.05 bits per heavy atom. The Bertz CT molecular complexity index is 789. The molecule has 5 heteroatoms. The van der Waals surface area contributed by atoms with Gasteiger partial charge in [0.1, 0.15) is 11.6 Å². The topological polar surface area (TPSA) is 50.9 Å². The molecule has 0 fully saturated rings. The van der Waals surface area contributed by atoms with E-state index < -0.39 is 0 Å². The SMILES string of the molecule is Nc1ccc2nc(Nc3ccc(Br)c(F)c3)ccc2c1. The molecule has 3 aromatic rings. The van der Waals surface area contributed by atoms with Crippen molar-refractivity contribution in [3.63, 3.8) is 0 Å². The summed E-state index contributed by atoms with van der Waals surface area (Å²) in [5.41, 5.74) is 7.91. The first-order valence-corrected chi connectivity index (χ1v) is 6.79. The van der Waals surface area contributed by atoms with Crippen LogP contribution < -0.4 is 11.1 Å². The van der Waals surface area contributed by atoms with E-state index in [0.29, 0.717) is 21.7 Å². The van der Waals surface area contributed by atoms with Crippen LogP contribution in [0.25, 0.3) is 10.9 Å². The van der Waals surface area contributed by atoms with Crippen molar-refractivity contribution in [2.45, 2.75) is 0 Å². The van der Waals surface area contributed by atoms with Crippen LogP contribution in [0.5, 0.6) is 0 Å². The van der Waals surface area contributed by atoms with Crippen molar-refractivity contribution in [3.05, 3.63) is 58.8 Å². The van der Waals surface area contributed by atoms with Gasteiger partial charge >= 0.3 is 0 Å². The Kier molecular flexibility index (Phi) is 3.28. The average Bonchev–Trinajstić information content (AvgIpc) is 2.43. The van der Waals surface area contributed by atoms with Gasteiger partial charge in [0.15, 0.2) is 0 Å². The first kappa shape index (κ1) is 12.9. The van der Waals surface area contributed by atoms with Crippen molar-refractivity contribution < 1.29 is 4.39 Å². The second-order valence-corrected chi connectivity index (χ2v) is 5.26. The second kappa shape index (κ2) is 5.09. The predicted molar refractivity (Wildman–Crippen MR) is 83.5 cm³/mol. The molecule has 0 aliphatic rings. The fourth-order valence-corrected chi connectivity index (χ4v) is 2.18. The number of anilines is 3. The van der Waals surface area contributed by atoms with E-state index in [0.717, 1.165) is 10.9 Å². The molecular formula is C15H11BrFN3. The zero-order valence-electron chi connectivity index (χ0n) is 10.4. The van der Waals surface area contributed by atoms with Crippen LogP contribution in [0.15, 0.2) is 53.0 Å². The summed E-state index contributed by atoms with van der Waals surface area (Å²) in [6.45, 7) is 0. The zero-order valence-corrected chi connectivity index (χ0v) is 12.0. The van der Waals surface area contributed by atoms with Crippen molar-refractivity contribution in [3.8, 4) is 0 Å². The van der Waals surface area contributed by atoms with Crippen LogP contribution in [0, 0.1) is 5.82 Å². The number of hydrogen-bond donors (Lipinski definition) is 2. The maximum Gasteiger partial charge on any atom is 0.139 e. The summed E-state index contributed by atoms with van der Waals surface area (Å²) in [5.74, 6) is 0.340. The molecule has 0 spiro atoms. The molecule has 1 aromatic heterocycles. The smallest absolute Gasteiger partial charge is 0.139 e. The van der Waals surface area contributed by atoms with Crippen LogP contribution in [0.3, 0.4) is 0 Å². The molecule has 3 rings (SSSR count). The maximum absolute atomic E-state index is 13.5. The molecule has 1 heterocycles. The number of nitrogens with zero attached hydrogens (tertiary/aromatic N) is 1. The molecule has 0 amide bonds. The van der Waals surface area contributed by atoms with Gasteiger partial charge in [-0.3, -0.25) is 0 Å². The van der Waals surface area contributed by atoms with Gasteiger partial charge < -0.3 is 11.1 Å². The van der Waals surface area contributed by atoms with Gasteiger partial charge in [-0.15, -0.1) is 0 Å². The van der Waals surface area contributed by atoms with E-state index in [1.165, 1.54) is 6.07 Å². The van der Waals surface area contributed by atoms with Crippen LogP contribution in [-0.4, -0.2) is 4.98 Å². The first-order valence-electron chi connectivity index (χ1n) is 6.00. The van der Waals surface area contributed by atoms with E-state index >= 15 is 0 Å². The lowest BCUT2D eigenvalue weighted by Crippen LogP contribution is -1.95. The lowest BCUT2D eigenvalue weighted by atomic mass is 10.2. The maximum atomic E-state index is 13.5. The second-order valence-electron chi connectivity index (χ2n) is 4.40. The summed E-state index contributed by atoms with van der Waals surface area (Å²) in [5, 5.41) is 4.05. The number of hydrogen-bond acceptors (Lipinski definition) is 3. The normalized spacial score (nSPS) is 10.7. The first-order chi connectivity index (χ1) is 9.61. The number of pyridine rings is 1. The molecule has 0 radical (unpaired) electrons. The zero-order chi connectivity index (χ0) is 14.1. The van der Waals surface area contributed by atoms with E-state index in [1.54, 1.807) is 18.2 Å². The monoisotopic (exact) mass is 331 g/mol. The highest BCUT2D eigenvalue weighted by atomic mass is 79.9. The van der Waals surface area contributed by atoms with Gasteiger partial charge in [0, 0.05) is 16.8 Å². The Morgan fingerprint density at radius 3 is 2.70 bits per heavy atom. The molecular weight excluding hydrogens is 321 g/mol. The Labute approximate surface area is 123 Å². The summed E-state index contributed by atoms with van der Waals surface area (Å²) < 4.78 is 13.9. The van der Waals surface area contributed by atoms with Crippen molar-refractivity contribution in [2.75, 3.05) is 11.1 Å². The van der Waals surface area contributed by atoms with Gasteiger partial charge in [0.05, 0.1) is 9.99 Å². The number of nitrogens with two attached hydrogens (primary N) is 1. The third-order valence-electron chi connectivity index (χ3n) is 2.91. The standard InChI is InChI=1S/C15H11BrFN3/c16-12-4-3-11(8-13(12)17)19-15-6-1-9-7-10(18)2-5-14(9)20-15/h1-8H,18H2,(H,19,20). The molecule has 100 valence electrons. The fraction of sp³-hybridized carbons (Fsp3) is 0. The van der Waals surface area contributed by atoms with Gasteiger partial charge in [-0.05, 0) is 64.5 Å². The number of nitrogens with one attached hydrogen (secondary N) is 1. The van der Waals surface area contributed by atoms with Crippen LogP contribution in [-0.2, 0) is 0 Å². The van der Waals surface area contributed by atoms with Gasteiger partial charge in [-0.2, -0.15) is 0 Å². The van der Waals surface area contributed by atoms with Gasteiger partial charge in [0.25, 0.3) is 0 Å². The highest BCUT2D eigenvalue weighted by Crippen LogP contribution is 2.23. The van der Waals surface area contributed by atoms with E-state index in [9.17, 15) is 4.39 Å². The summed E-state index contributed by atoms with van der Waals surface area (Å²) in [6, 6.07) is 14.1. The van der Waals surface area contributed by atoms with Crippen LogP contribution in [0.1, 0.15) is 0 Å². The van der Waals surface area contributed by atoms with Gasteiger partial charge in [-0.25, -0.2) is 9.37 Å². The quantitative estimate of drug-likeness (QED) is 0.681. The molecule has 3 nitrogen and oxygen atoms in total. The minimum Gasteiger partial charge on any atom is -0.399 e.